The monoisotopic (exact) mass is 554 g/mol. The van der Waals surface area contributed by atoms with Crippen molar-refractivity contribution in [3.8, 4) is 0 Å². The lowest BCUT2D eigenvalue weighted by molar-refractivity contribution is -0.131. The van der Waals surface area contributed by atoms with E-state index in [1.807, 2.05) is 87.5 Å². The standard InChI is InChI=1S/C33H38N4O4/c1-22(23-14-9-7-10-15-23)34-29(39)26-19-13-18-25(20-26)28(24-16-11-8-12-17-24)37-27(38)21-33(5,6)36-30(37)35-31(40)41-32(2,3)4/h7-20,22,28H,21H2,1-6H3,(H,34,39)(H,35,36,40). The Bertz CT molecular complexity index is 1430. The summed E-state index contributed by atoms with van der Waals surface area (Å²) >= 11 is 0. The van der Waals surface area contributed by atoms with Crippen LogP contribution in [0, 0.1) is 0 Å². The molecular formula is C33H38N4O4. The van der Waals surface area contributed by atoms with Gasteiger partial charge in [-0.05, 0) is 70.4 Å². The smallest absolute Gasteiger partial charge is 0.437 e. The highest BCUT2D eigenvalue weighted by Crippen LogP contribution is 2.33. The van der Waals surface area contributed by atoms with Crippen molar-refractivity contribution in [3.63, 3.8) is 0 Å². The SMILES string of the molecule is CC(NC(=O)c1cccc(C(c2ccccc2)N2C(=O)CC(C)(C)NC2=NC(=O)OC(C)(C)C)c1)c1ccccc1. The van der Waals surface area contributed by atoms with E-state index in [2.05, 4.69) is 15.6 Å². The van der Waals surface area contributed by atoms with Gasteiger partial charge in [-0.25, -0.2) is 4.79 Å². The van der Waals surface area contributed by atoms with E-state index in [-0.39, 0.29) is 30.2 Å². The number of hydrogen-bond donors (Lipinski definition) is 2. The molecule has 41 heavy (non-hydrogen) atoms. The number of nitrogens with zero attached hydrogens (tertiary/aromatic N) is 2. The number of benzene rings is 3. The average Bonchev–Trinajstić information content (AvgIpc) is 2.90. The number of amides is 3. The van der Waals surface area contributed by atoms with Crippen molar-refractivity contribution in [2.45, 2.75) is 71.2 Å². The first-order chi connectivity index (χ1) is 19.3. The minimum atomic E-state index is -0.801. The summed E-state index contributed by atoms with van der Waals surface area (Å²) in [6.07, 6.45) is -0.622. The fraction of sp³-hybridized carbons (Fsp3) is 0.333. The van der Waals surface area contributed by atoms with E-state index in [9.17, 15) is 14.4 Å². The van der Waals surface area contributed by atoms with Crippen LogP contribution in [0.1, 0.15) is 87.1 Å². The lowest BCUT2D eigenvalue weighted by Crippen LogP contribution is -2.61. The predicted octanol–water partition coefficient (Wildman–Crippen LogP) is 6.16. The lowest BCUT2D eigenvalue weighted by atomic mass is 9.91. The molecule has 0 radical (unpaired) electrons. The molecule has 2 unspecified atom stereocenters. The molecule has 8 nitrogen and oxygen atoms in total. The second-order valence-corrected chi connectivity index (χ2v) is 11.9. The van der Waals surface area contributed by atoms with E-state index in [4.69, 9.17) is 4.74 Å². The van der Waals surface area contributed by atoms with Crippen molar-refractivity contribution in [1.29, 1.82) is 0 Å². The van der Waals surface area contributed by atoms with Gasteiger partial charge in [0.2, 0.25) is 11.9 Å². The third kappa shape index (κ3) is 7.60. The number of rotatable bonds is 6. The molecule has 4 rings (SSSR count). The van der Waals surface area contributed by atoms with Gasteiger partial charge in [0, 0.05) is 17.5 Å². The van der Waals surface area contributed by atoms with Crippen LogP contribution in [0.3, 0.4) is 0 Å². The van der Waals surface area contributed by atoms with Crippen molar-refractivity contribution in [2.24, 2.45) is 4.99 Å². The second kappa shape index (κ2) is 12.0. The highest BCUT2D eigenvalue weighted by molar-refractivity contribution is 6.04. The van der Waals surface area contributed by atoms with E-state index in [1.165, 1.54) is 4.90 Å². The van der Waals surface area contributed by atoms with E-state index in [1.54, 1.807) is 39.0 Å². The Hall–Kier alpha value is -4.46. The summed E-state index contributed by atoms with van der Waals surface area (Å²) in [5.74, 6) is -0.346. The Labute approximate surface area is 241 Å². The molecule has 1 heterocycles. The highest BCUT2D eigenvalue weighted by Gasteiger charge is 2.41. The lowest BCUT2D eigenvalue weighted by Gasteiger charge is -2.42. The van der Waals surface area contributed by atoms with Crippen LogP contribution in [0.2, 0.25) is 0 Å². The largest absolute Gasteiger partial charge is 0.442 e. The molecule has 1 aliphatic heterocycles. The van der Waals surface area contributed by atoms with Crippen LogP contribution in [0.4, 0.5) is 4.79 Å². The van der Waals surface area contributed by atoms with E-state index in [0.29, 0.717) is 11.1 Å². The Morgan fingerprint density at radius 1 is 0.927 bits per heavy atom. The van der Waals surface area contributed by atoms with Crippen molar-refractivity contribution >= 4 is 23.9 Å². The normalized spacial score (nSPS) is 17.4. The van der Waals surface area contributed by atoms with Crippen molar-refractivity contribution in [3.05, 3.63) is 107 Å². The number of hydrogen-bond acceptors (Lipinski definition) is 4. The predicted molar refractivity (Wildman–Crippen MR) is 159 cm³/mol. The summed E-state index contributed by atoms with van der Waals surface area (Å²) in [6.45, 7) is 11.0. The topological polar surface area (TPSA) is 100 Å². The molecular weight excluding hydrogens is 516 g/mol. The molecule has 3 aromatic carbocycles. The summed E-state index contributed by atoms with van der Waals surface area (Å²) in [5.41, 5.74) is 1.56. The summed E-state index contributed by atoms with van der Waals surface area (Å²) < 4.78 is 5.45. The zero-order valence-corrected chi connectivity index (χ0v) is 24.5. The number of carbonyl (C=O) groups excluding carboxylic acids is 3. The van der Waals surface area contributed by atoms with Crippen LogP contribution in [-0.4, -0.2) is 39.9 Å². The van der Waals surface area contributed by atoms with E-state index in [0.717, 1.165) is 11.1 Å². The molecule has 8 heteroatoms. The molecule has 2 N–H and O–H groups in total. The number of aliphatic imine (C=N–C) groups is 1. The maximum atomic E-state index is 13.8. The van der Waals surface area contributed by atoms with Gasteiger partial charge in [0.1, 0.15) is 5.60 Å². The van der Waals surface area contributed by atoms with Gasteiger partial charge in [-0.3, -0.25) is 14.5 Å². The number of ether oxygens (including phenoxy) is 1. The number of carbonyl (C=O) groups is 3. The van der Waals surface area contributed by atoms with Gasteiger partial charge >= 0.3 is 6.09 Å². The molecule has 214 valence electrons. The highest BCUT2D eigenvalue weighted by atomic mass is 16.6. The van der Waals surface area contributed by atoms with Crippen LogP contribution in [-0.2, 0) is 9.53 Å². The summed E-state index contributed by atoms with van der Waals surface area (Å²) in [6, 6.07) is 25.6. The second-order valence-electron chi connectivity index (χ2n) is 11.9. The first-order valence-corrected chi connectivity index (χ1v) is 13.8. The first kappa shape index (κ1) is 29.5. The van der Waals surface area contributed by atoms with Crippen molar-refractivity contribution in [1.82, 2.24) is 15.5 Å². The zero-order chi connectivity index (χ0) is 29.8. The van der Waals surface area contributed by atoms with Gasteiger partial charge in [-0.2, -0.15) is 0 Å². The molecule has 0 bridgehead atoms. The molecule has 3 aromatic rings. The summed E-state index contributed by atoms with van der Waals surface area (Å²) in [5, 5.41) is 6.32. The quantitative estimate of drug-likeness (QED) is 0.380. The first-order valence-electron chi connectivity index (χ1n) is 13.8. The molecule has 0 aromatic heterocycles. The van der Waals surface area contributed by atoms with Gasteiger partial charge in [-0.15, -0.1) is 4.99 Å². The maximum absolute atomic E-state index is 13.8. The molecule has 0 saturated carbocycles. The fourth-order valence-corrected chi connectivity index (χ4v) is 4.79. The van der Waals surface area contributed by atoms with Crippen LogP contribution in [0.5, 0.6) is 0 Å². The minimum Gasteiger partial charge on any atom is -0.442 e. The average molecular weight is 555 g/mol. The molecule has 1 saturated heterocycles. The van der Waals surface area contributed by atoms with Crippen LogP contribution >= 0.6 is 0 Å². The Balaban J connectivity index is 1.75. The van der Waals surface area contributed by atoms with E-state index < -0.39 is 23.3 Å². The van der Waals surface area contributed by atoms with Gasteiger partial charge < -0.3 is 15.4 Å². The molecule has 1 fully saturated rings. The molecule has 0 aliphatic carbocycles. The molecule has 3 amide bonds. The number of guanidine groups is 1. The Morgan fingerprint density at radius 2 is 1.51 bits per heavy atom. The third-order valence-corrected chi connectivity index (χ3v) is 6.62. The summed E-state index contributed by atoms with van der Waals surface area (Å²) in [7, 11) is 0. The molecule has 1 aliphatic rings. The zero-order valence-electron chi connectivity index (χ0n) is 24.5. The van der Waals surface area contributed by atoms with Crippen molar-refractivity contribution < 1.29 is 19.1 Å². The molecule has 2 atom stereocenters. The van der Waals surface area contributed by atoms with Crippen molar-refractivity contribution in [2.75, 3.05) is 0 Å². The van der Waals surface area contributed by atoms with Gasteiger partial charge in [0.15, 0.2) is 0 Å². The van der Waals surface area contributed by atoms with Gasteiger partial charge in [0.05, 0.1) is 12.1 Å². The van der Waals surface area contributed by atoms with Crippen LogP contribution in [0.15, 0.2) is 89.9 Å². The summed E-state index contributed by atoms with van der Waals surface area (Å²) in [4.78, 5) is 45.6. The Kier molecular flexibility index (Phi) is 8.61. The van der Waals surface area contributed by atoms with Gasteiger partial charge in [0.25, 0.3) is 5.91 Å². The van der Waals surface area contributed by atoms with E-state index >= 15 is 0 Å². The van der Waals surface area contributed by atoms with Gasteiger partial charge in [-0.1, -0.05) is 72.8 Å². The Morgan fingerprint density at radius 3 is 2.12 bits per heavy atom. The van der Waals surface area contributed by atoms with Crippen LogP contribution < -0.4 is 10.6 Å². The minimum absolute atomic E-state index is 0.0990. The van der Waals surface area contributed by atoms with Crippen LogP contribution in [0.25, 0.3) is 0 Å². The fourth-order valence-electron chi connectivity index (χ4n) is 4.79. The maximum Gasteiger partial charge on any atom is 0.437 e. The molecule has 0 spiro atoms. The third-order valence-electron chi connectivity index (χ3n) is 6.62. The number of nitrogens with one attached hydrogen (secondary N) is 2.